The number of hydrogen-bond acceptors (Lipinski definition) is 2. The molecule has 0 atom stereocenters. The van der Waals surface area contributed by atoms with Crippen molar-refractivity contribution >= 4 is 18.4 Å². The summed E-state index contributed by atoms with van der Waals surface area (Å²) in [7, 11) is 0. The molecule has 0 aliphatic carbocycles. The maximum atomic E-state index is 10.8. The number of phenols is 1. The smallest absolute Gasteiger partial charge is 0.150 e. The average molecular weight is 224 g/mol. The van der Waals surface area contributed by atoms with Gasteiger partial charge in [-0.2, -0.15) is 0 Å². The van der Waals surface area contributed by atoms with E-state index in [-0.39, 0.29) is 5.75 Å². The minimum Gasteiger partial charge on any atom is -0.507 e. The van der Waals surface area contributed by atoms with E-state index in [1.165, 1.54) is 0 Å². The van der Waals surface area contributed by atoms with Crippen LogP contribution in [0, 0.1) is 0 Å². The highest BCUT2D eigenvalue weighted by atomic mass is 16.3. The summed E-state index contributed by atoms with van der Waals surface area (Å²) in [5.41, 5.74) is 2.05. The Morgan fingerprint density at radius 2 is 1.65 bits per heavy atom. The molecule has 0 radical (unpaired) electrons. The van der Waals surface area contributed by atoms with Crippen LogP contribution in [0.1, 0.15) is 21.5 Å². The van der Waals surface area contributed by atoms with Gasteiger partial charge in [0.05, 0.1) is 0 Å². The van der Waals surface area contributed by atoms with E-state index in [1.807, 2.05) is 36.4 Å². The van der Waals surface area contributed by atoms with Crippen molar-refractivity contribution in [2.45, 2.75) is 0 Å². The summed E-state index contributed by atoms with van der Waals surface area (Å²) >= 11 is 0. The van der Waals surface area contributed by atoms with E-state index in [2.05, 4.69) is 0 Å². The van der Waals surface area contributed by atoms with Crippen LogP contribution in [-0.4, -0.2) is 11.4 Å². The molecular formula is C15H12O2. The van der Waals surface area contributed by atoms with Gasteiger partial charge in [0.15, 0.2) is 6.29 Å². The molecule has 84 valence electrons. The van der Waals surface area contributed by atoms with Gasteiger partial charge in [0.2, 0.25) is 0 Å². The largest absolute Gasteiger partial charge is 0.507 e. The molecule has 0 aliphatic rings. The highest BCUT2D eigenvalue weighted by Crippen LogP contribution is 2.22. The van der Waals surface area contributed by atoms with Crippen LogP contribution in [0.25, 0.3) is 12.2 Å². The number of rotatable bonds is 3. The van der Waals surface area contributed by atoms with E-state index < -0.39 is 0 Å². The lowest BCUT2D eigenvalue weighted by atomic mass is 10.1. The minimum absolute atomic E-state index is 0.113. The zero-order valence-corrected chi connectivity index (χ0v) is 9.21. The fourth-order valence-corrected chi connectivity index (χ4v) is 1.60. The molecule has 17 heavy (non-hydrogen) atoms. The first kappa shape index (κ1) is 11.1. The average Bonchev–Trinajstić information content (AvgIpc) is 2.38. The monoisotopic (exact) mass is 224 g/mol. The molecule has 0 aliphatic heterocycles. The summed E-state index contributed by atoms with van der Waals surface area (Å²) in [6, 6.07) is 14.6. The Labute approximate surface area is 99.8 Å². The lowest BCUT2D eigenvalue weighted by molar-refractivity contribution is 0.112. The van der Waals surface area contributed by atoms with Crippen LogP contribution in [0.3, 0.4) is 0 Å². The normalized spacial score (nSPS) is 10.6. The molecule has 0 saturated carbocycles. The van der Waals surface area contributed by atoms with E-state index in [1.54, 1.807) is 24.3 Å². The van der Waals surface area contributed by atoms with Gasteiger partial charge < -0.3 is 5.11 Å². The summed E-state index contributed by atoms with van der Waals surface area (Å²) in [5.74, 6) is 0.113. The van der Waals surface area contributed by atoms with Crippen molar-refractivity contribution in [3.05, 3.63) is 65.2 Å². The Morgan fingerprint density at radius 3 is 2.35 bits per heavy atom. The van der Waals surface area contributed by atoms with Crippen LogP contribution in [0.4, 0.5) is 0 Å². The van der Waals surface area contributed by atoms with Crippen molar-refractivity contribution < 1.29 is 9.90 Å². The maximum Gasteiger partial charge on any atom is 0.150 e. The van der Waals surface area contributed by atoms with Gasteiger partial charge in [-0.3, -0.25) is 4.79 Å². The van der Waals surface area contributed by atoms with Gasteiger partial charge in [-0.05, 0) is 17.7 Å². The first-order valence-corrected chi connectivity index (χ1v) is 5.31. The summed E-state index contributed by atoms with van der Waals surface area (Å²) in [6.07, 6.45) is 4.35. The van der Waals surface area contributed by atoms with E-state index in [0.717, 1.165) is 11.8 Å². The number of phenolic OH excluding ortho intramolecular Hbond substituents is 1. The molecule has 0 unspecified atom stereocenters. The van der Waals surface area contributed by atoms with Crippen molar-refractivity contribution in [3.63, 3.8) is 0 Å². The third-order valence-electron chi connectivity index (χ3n) is 2.49. The Kier molecular flexibility index (Phi) is 3.36. The summed E-state index contributed by atoms with van der Waals surface area (Å²) < 4.78 is 0. The molecule has 2 heteroatoms. The topological polar surface area (TPSA) is 37.3 Å². The Morgan fingerprint density at radius 1 is 0.882 bits per heavy atom. The van der Waals surface area contributed by atoms with Gasteiger partial charge in [0.25, 0.3) is 0 Å². The standard InChI is InChI=1S/C15H12O2/c16-11-13-7-4-8-15(17)14(13)10-9-12-5-2-1-3-6-12/h1-11,17H. The van der Waals surface area contributed by atoms with Gasteiger partial charge in [-0.1, -0.05) is 48.5 Å². The van der Waals surface area contributed by atoms with Crippen LogP contribution < -0.4 is 0 Å². The highest BCUT2D eigenvalue weighted by Gasteiger charge is 2.02. The Hall–Kier alpha value is -2.35. The first-order valence-electron chi connectivity index (χ1n) is 5.31. The fourth-order valence-electron chi connectivity index (χ4n) is 1.60. The van der Waals surface area contributed by atoms with Crippen LogP contribution in [0.2, 0.25) is 0 Å². The quantitative estimate of drug-likeness (QED) is 0.641. The molecule has 0 aromatic heterocycles. The lowest BCUT2D eigenvalue weighted by Crippen LogP contribution is -1.85. The second-order valence-electron chi connectivity index (χ2n) is 3.64. The number of hydrogen-bond donors (Lipinski definition) is 1. The van der Waals surface area contributed by atoms with Crippen molar-refractivity contribution in [2.24, 2.45) is 0 Å². The van der Waals surface area contributed by atoms with Gasteiger partial charge >= 0.3 is 0 Å². The predicted molar refractivity (Wildman–Crippen MR) is 68.9 cm³/mol. The number of aromatic hydroxyl groups is 1. The maximum absolute atomic E-state index is 10.8. The zero-order valence-electron chi connectivity index (χ0n) is 9.21. The molecule has 1 N–H and O–H groups in total. The second kappa shape index (κ2) is 5.12. The SMILES string of the molecule is O=Cc1cccc(O)c1C=Cc1ccccc1. The van der Waals surface area contributed by atoms with Crippen LogP contribution >= 0.6 is 0 Å². The molecular weight excluding hydrogens is 212 g/mol. The molecule has 0 heterocycles. The minimum atomic E-state index is 0.113. The predicted octanol–water partition coefficient (Wildman–Crippen LogP) is 3.38. The first-order chi connectivity index (χ1) is 8.31. The van der Waals surface area contributed by atoms with Crippen LogP contribution in [0.15, 0.2) is 48.5 Å². The molecule has 2 aromatic rings. The Bertz CT molecular complexity index is 542. The summed E-state index contributed by atoms with van der Waals surface area (Å²) in [6.45, 7) is 0. The van der Waals surface area contributed by atoms with Crippen molar-refractivity contribution in [2.75, 3.05) is 0 Å². The van der Waals surface area contributed by atoms with Gasteiger partial charge in [0.1, 0.15) is 5.75 Å². The lowest BCUT2D eigenvalue weighted by Gasteiger charge is -2.01. The van der Waals surface area contributed by atoms with Crippen LogP contribution in [0.5, 0.6) is 5.75 Å². The van der Waals surface area contributed by atoms with Crippen molar-refractivity contribution in [1.82, 2.24) is 0 Å². The molecule has 2 nitrogen and oxygen atoms in total. The molecule has 2 rings (SSSR count). The molecule has 0 amide bonds. The van der Waals surface area contributed by atoms with Crippen molar-refractivity contribution in [3.8, 4) is 5.75 Å². The molecule has 0 fully saturated rings. The second-order valence-corrected chi connectivity index (χ2v) is 3.64. The van der Waals surface area contributed by atoms with E-state index in [4.69, 9.17) is 0 Å². The molecule has 0 saturated heterocycles. The number of carbonyl (C=O) groups is 1. The van der Waals surface area contributed by atoms with E-state index in [0.29, 0.717) is 11.1 Å². The molecule has 0 spiro atoms. The van der Waals surface area contributed by atoms with E-state index >= 15 is 0 Å². The molecule has 2 aromatic carbocycles. The van der Waals surface area contributed by atoms with E-state index in [9.17, 15) is 9.90 Å². The zero-order chi connectivity index (χ0) is 12.1. The third-order valence-corrected chi connectivity index (χ3v) is 2.49. The van der Waals surface area contributed by atoms with Crippen molar-refractivity contribution in [1.29, 1.82) is 0 Å². The third kappa shape index (κ3) is 2.61. The van der Waals surface area contributed by atoms with Gasteiger partial charge in [-0.25, -0.2) is 0 Å². The Balaban J connectivity index is 2.36. The summed E-state index contributed by atoms with van der Waals surface area (Å²) in [4.78, 5) is 10.8. The highest BCUT2D eigenvalue weighted by molar-refractivity contribution is 5.87. The molecule has 0 bridgehead atoms. The number of carbonyl (C=O) groups excluding carboxylic acids is 1. The fraction of sp³-hybridized carbons (Fsp3) is 0. The van der Waals surface area contributed by atoms with Gasteiger partial charge in [-0.15, -0.1) is 0 Å². The van der Waals surface area contributed by atoms with Gasteiger partial charge in [0, 0.05) is 11.1 Å². The summed E-state index contributed by atoms with van der Waals surface area (Å²) in [5, 5.41) is 9.69. The van der Waals surface area contributed by atoms with Crippen LogP contribution in [-0.2, 0) is 0 Å². The number of benzene rings is 2. The number of aldehydes is 1.